The van der Waals surface area contributed by atoms with Gasteiger partial charge in [0.1, 0.15) is 17.2 Å². The fourth-order valence-electron chi connectivity index (χ4n) is 7.37. The summed E-state index contributed by atoms with van der Waals surface area (Å²) >= 11 is 0. The van der Waals surface area contributed by atoms with Crippen molar-refractivity contribution in [2.75, 3.05) is 0 Å². The Balaban J connectivity index is 1.20. The summed E-state index contributed by atoms with van der Waals surface area (Å²) in [6.07, 6.45) is 0. The molecule has 0 spiro atoms. The Hall–Kier alpha value is -5.65. The van der Waals surface area contributed by atoms with E-state index in [2.05, 4.69) is 146 Å². The molecular formula is C41H28BNO2Si. The Morgan fingerprint density at radius 2 is 0.891 bits per heavy atom. The lowest BCUT2D eigenvalue weighted by atomic mass is 9.35. The number of fused-ring (bicyclic) bond motifs is 4. The van der Waals surface area contributed by atoms with Crippen molar-refractivity contribution in [1.82, 2.24) is 4.98 Å². The van der Waals surface area contributed by atoms with Crippen molar-refractivity contribution < 1.29 is 9.47 Å². The first-order valence-electron chi connectivity index (χ1n) is 15.7. The average Bonchev–Trinajstić information content (AvgIpc) is 3.13. The summed E-state index contributed by atoms with van der Waals surface area (Å²) in [5.74, 6) is 3.12. The van der Waals surface area contributed by atoms with E-state index in [4.69, 9.17) is 14.5 Å². The van der Waals surface area contributed by atoms with Gasteiger partial charge in [0.05, 0.1) is 5.69 Å². The molecule has 1 aromatic heterocycles. The number of benzene rings is 6. The topological polar surface area (TPSA) is 31.4 Å². The van der Waals surface area contributed by atoms with Crippen LogP contribution in [0.25, 0.3) is 11.3 Å². The maximum Gasteiger partial charge on any atom is 0.262 e. The van der Waals surface area contributed by atoms with Gasteiger partial charge in [0, 0.05) is 17.1 Å². The third kappa shape index (κ3) is 4.09. The lowest BCUT2D eigenvalue weighted by Crippen LogP contribution is -2.74. The fourth-order valence-corrected chi connectivity index (χ4v) is 12.1. The standard InChI is InChI=1S/C41H28BNO2Si/c1-4-14-30(15-5-1)46(31-16-6-2-7-17-31,32-18-8-3-9-19-32)33-26-24-29(25-27-33)36-28-39-40-41(43-36)45-38-23-13-11-21-35(38)42(40)34-20-10-12-22-37(34)44-39/h1-28H. The number of pyridine rings is 1. The minimum atomic E-state index is -2.61. The molecule has 2 aliphatic heterocycles. The number of hydrogen-bond acceptors (Lipinski definition) is 3. The van der Waals surface area contributed by atoms with Crippen molar-refractivity contribution in [3.8, 4) is 34.4 Å². The van der Waals surface area contributed by atoms with Crippen LogP contribution in [0.5, 0.6) is 23.1 Å². The first-order chi connectivity index (χ1) is 22.8. The summed E-state index contributed by atoms with van der Waals surface area (Å²) in [5.41, 5.74) is 5.09. The number of hydrogen-bond donors (Lipinski definition) is 0. The Labute approximate surface area is 269 Å². The van der Waals surface area contributed by atoms with Crippen LogP contribution in [0.4, 0.5) is 0 Å². The van der Waals surface area contributed by atoms with Crippen LogP contribution in [-0.2, 0) is 0 Å². The highest BCUT2D eigenvalue weighted by Crippen LogP contribution is 2.35. The normalized spacial score (nSPS) is 12.7. The highest BCUT2D eigenvalue weighted by molar-refractivity contribution is 7.19. The van der Waals surface area contributed by atoms with Gasteiger partial charge in [-0.1, -0.05) is 152 Å². The van der Waals surface area contributed by atoms with Crippen LogP contribution < -0.4 is 46.6 Å². The molecule has 0 fully saturated rings. The van der Waals surface area contributed by atoms with Crippen LogP contribution in [0.2, 0.25) is 0 Å². The second-order valence-corrected chi connectivity index (χ2v) is 15.7. The van der Waals surface area contributed by atoms with Gasteiger partial charge in [-0.3, -0.25) is 0 Å². The van der Waals surface area contributed by atoms with Crippen LogP contribution in [0.1, 0.15) is 0 Å². The van der Waals surface area contributed by atoms with Crippen LogP contribution >= 0.6 is 0 Å². The fraction of sp³-hybridized carbons (Fsp3) is 0. The van der Waals surface area contributed by atoms with Crippen molar-refractivity contribution in [3.05, 3.63) is 170 Å². The molecule has 9 rings (SSSR count). The summed E-state index contributed by atoms with van der Waals surface area (Å²) in [6, 6.07) is 60.6. The number of ether oxygens (including phenoxy) is 2. The van der Waals surface area contributed by atoms with Gasteiger partial charge in [0.2, 0.25) is 5.88 Å². The van der Waals surface area contributed by atoms with Gasteiger partial charge in [-0.15, -0.1) is 0 Å². The van der Waals surface area contributed by atoms with Crippen molar-refractivity contribution in [2.24, 2.45) is 0 Å². The first kappa shape index (κ1) is 26.7. The van der Waals surface area contributed by atoms with E-state index >= 15 is 0 Å². The van der Waals surface area contributed by atoms with E-state index in [9.17, 15) is 0 Å². The minimum Gasteiger partial charge on any atom is -0.458 e. The molecule has 46 heavy (non-hydrogen) atoms. The maximum atomic E-state index is 6.54. The van der Waals surface area contributed by atoms with Gasteiger partial charge in [0.15, 0.2) is 8.07 Å². The molecule has 0 saturated carbocycles. The molecule has 0 radical (unpaired) electrons. The highest BCUT2D eigenvalue weighted by Gasteiger charge is 2.42. The molecule has 0 atom stereocenters. The first-order valence-corrected chi connectivity index (χ1v) is 17.7. The molecule has 0 unspecified atom stereocenters. The zero-order valence-corrected chi connectivity index (χ0v) is 26.0. The molecule has 3 heterocycles. The summed E-state index contributed by atoms with van der Waals surface area (Å²) in [4.78, 5) is 5.12. The van der Waals surface area contributed by atoms with Crippen molar-refractivity contribution in [3.63, 3.8) is 0 Å². The van der Waals surface area contributed by atoms with Crippen LogP contribution in [0.3, 0.4) is 0 Å². The molecule has 0 N–H and O–H groups in total. The smallest absolute Gasteiger partial charge is 0.262 e. The zero-order valence-electron chi connectivity index (χ0n) is 25.0. The van der Waals surface area contributed by atoms with E-state index < -0.39 is 8.07 Å². The molecular weight excluding hydrogens is 577 g/mol. The maximum absolute atomic E-state index is 6.54. The molecule has 7 aromatic rings. The number of rotatable bonds is 5. The largest absolute Gasteiger partial charge is 0.458 e. The van der Waals surface area contributed by atoms with Gasteiger partial charge in [0.25, 0.3) is 6.71 Å². The van der Waals surface area contributed by atoms with Crippen molar-refractivity contribution in [1.29, 1.82) is 0 Å². The van der Waals surface area contributed by atoms with Crippen molar-refractivity contribution >= 4 is 51.9 Å². The van der Waals surface area contributed by atoms with E-state index in [1.807, 2.05) is 24.3 Å². The number of nitrogens with zero attached hydrogens (tertiary/aromatic N) is 1. The van der Waals surface area contributed by atoms with Gasteiger partial charge in [-0.2, -0.15) is 0 Å². The van der Waals surface area contributed by atoms with Crippen LogP contribution in [0.15, 0.2) is 170 Å². The summed E-state index contributed by atoms with van der Waals surface area (Å²) in [7, 11) is -2.61. The molecule has 6 aromatic carbocycles. The average molecular weight is 606 g/mol. The van der Waals surface area contributed by atoms with Gasteiger partial charge < -0.3 is 9.47 Å². The Bertz CT molecular complexity index is 2040. The third-order valence-electron chi connectivity index (χ3n) is 9.40. The van der Waals surface area contributed by atoms with E-state index in [-0.39, 0.29) is 6.71 Å². The second-order valence-electron chi connectivity index (χ2n) is 11.9. The zero-order chi connectivity index (χ0) is 30.5. The Morgan fingerprint density at radius 3 is 1.43 bits per heavy atom. The summed E-state index contributed by atoms with van der Waals surface area (Å²) in [6.45, 7) is 0.0121. The minimum absolute atomic E-state index is 0.0121. The molecule has 0 saturated heterocycles. The molecule has 2 aliphatic rings. The molecule has 216 valence electrons. The number of para-hydroxylation sites is 2. The van der Waals surface area contributed by atoms with Gasteiger partial charge in [-0.05, 0) is 43.8 Å². The van der Waals surface area contributed by atoms with Gasteiger partial charge >= 0.3 is 0 Å². The molecule has 0 amide bonds. The predicted octanol–water partition coefficient (Wildman–Crippen LogP) is 4.85. The lowest BCUT2D eigenvalue weighted by Gasteiger charge is -2.34. The molecule has 0 aliphatic carbocycles. The Morgan fingerprint density at radius 1 is 0.435 bits per heavy atom. The second kappa shape index (κ2) is 10.8. The van der Waals surface area contributed by atoms with E-state index in [1.54, 1.807) is 0 Å². The highest BCUT2D eigenvalue weighted by atomic mass is 28.3. The monoisotopic (exact) mass is 605 g/mol. The van der Waals surface area contributed by atoms with Crippen LogP contribution in [-0.4, -0.2) is 19.8 Å². The molecule has 0 bridgehead atoms. The van der Waals surface area contributed by atoms with Crippen molar-refractivity contribution in [2.45, 2.75) is 0 Å². The lowest BCUT2D eigenvalue weighted by molar-refractivity contribution is 0.451. The SMILES string of the molecule is c1ccc([Si](c2ccccc2)(c2ccccc2)c2ccc(-c3cc4c5c(n3)Oc3ccccc3B5c3ccccc3O4)cc2)cc1. The van der Waals surface area contributed by atoms with E-state index in [0.717, 1.165) is 44.9 Å². The number of aromatic nitrogens is 1. The molecule has 5 heteroatoms. The quantitative estimate of drug-likeness (QED) is 0.208. The molecule has 3 nitrogen and oxygen atoms in total. The van der Waals surface area contributed by atoms with Gasteiger partial charge in [-0.25, -0.2) is 4.98 Å². The summed E-state index contributed by atoms with van der Waals surface area (Å²) in [5, 5.41) is 5.36. The van der Waals surface area contributed by atoms with E-state index in [0.29, 0.717) is 5.88 Å². The van der Waals surface area contributed by atoms with E-state index in [1.165, 1.54) is 20.7 Å². The summed E-state index contributed by atoms with van der Waals surface area (Å²) < 4.78 is 13.0. The predicted molar refractivity (Wildman–Crippen MR) is 191 cm³/mol. The van der Waals surface area contributed by atoms with Crippen LogP contribution in [0, 0.1) is 0 Å². The Kier molecular flexibility index (Phi) is 6.25. The third-order valence-corrected chi connectivity index (χ3v) is 14.2.